The third-order valence-electron chi connectivity index (χ3n) is 4.50. The van der Waals surface area contributed by atoms with Crippen LogP contribution in [-0.2, 0) is 11.2 Å². The summed E-state index contributed by atoms with van der Waals surface area (Å²) in [5, 5.41) is 9.35. The number of nitrogens with zero attached hydrogens (tertiary/aromatic N) is 1. The summed E-state index contributed by atoms with van der Waals surface area (Å²) in [6.45, 7) is 6.57. The molecule has 0 saturated carbocycles. The van der Waals surface area contributed by atoms with Gasteiger partial charge in [-0.25, -0.2) is 0 Å². The summed E-state index contributed by atoms with van der Waals surface area (Å²) in [5.41, 5.74) is -0.823. The van der Waals surface area contributed by atoms with Crippen molar-refractivity contribution in [1.82, 2.24) is 4.90 Å². The zero-order valence-corrected chi connectivity index (χ0v) is 12.9. The highest BCUT2D eigenvalue weighted by atomic mass is 16.4. The Morgan fingerprint density at radius 2 is 2.14 bits per heavy atom. The van der Waals surface area contributed by atoms with Crippen LogP contribution in [0.3, 0.4) is 0 Å². The van der Waals surface area contributed by atoms with Crippen molar-refractivity contribution >= 4 is 11.9 Å². The minimum atomic E-state index is -0.823. The number of amides is 1. The lowest BCUT2D eigenvalue weighted by Crippen LogP contribution is -2.46. The number of carbonyl (C=O) groups is 2. The molecule has 1 fully saturated rings. The lowest BCUT2D eigenvalue weighted by Gasteiger charge is -2.38. The maximum atomic E-state index is 12.5. The molecule has 0 radical (unpaired) electrons. The summed E-state index contributed by atoms with van der Waals surface area (Å²) < 4.78 is 5.51. The first-order valence-electron chi connectivity index (χ1n) is 7.47. The second-order valence-electron chi connectivity index (χ2n) is 6.24. The second kappa shape index (κ2) is 5.92. The number of aryl methyl sites for hydroxylation is 1. The lowest BCUT2D eigenvalue weighted by atomic mass is 9.74. The molecule has 116 valence electrons. The van der Waals surface area contributed by atoms with Crippen molar-refractivity contribution in [2.45, 2.75) is 40.0 Å². The molecular weight excluding hydrogens is 270 g/mol. The maximum absolute atomic E-state index is 12.5. The Labute approximate surface area is 124 Å². The van der Waals surface area contributed by atoms with E-state index in [9.17, 15) is 14.7 Å². The first kappa shape index (κ1) is 15.6. The Bertz CT molecular complexity index is 532. The Kier molecular flexibility index (Phi) is 4.40. The van der Waals surface area contributed by atoms with Gasteiger partial charge in [-0.1, -0.05) is 6.92 Å². The highest BCUT2D eigenvalue weighted by molar-refractivity contribution is 5.91. The molecule has 1 aliphatic rings. The number of carboxylic acids is 1. The van der Waals surface area contributed by atoms with Crippen LogP contribution in [0.25, 0.3) is 0 Å². The molecule has 1 saturated heterocycles. The Morgan fingerprint density at radius 1 is 1.43 bits per heavy atom. The van der Waals surface area contributed by atoms with Crippen LogP contribution in [0.1, 0.15) is 49.9 Å². The smallest absolute Gasteiger partial charge is 0.309 e. The standard InChI is InChI=1S/C16H23NO4/c1-4-12-7-8-13(21-12)14(18)17-9-5-6-11(10-17)16(2,3)15(19)20/h7-8,11H,4-6,9-10H2,1-3H3,(H,19,20). The average Bonchev–Trinajstić information content (AvgIpc) is 2.95. The molecule has 1 aliphatic heterocycles. The summed E-state index contributed by atoms with van der Waals surface area (Å²) in [6.07, 6.45) is 2.41. The van der Waals surface area contributed by atoms with Crippen molar-refractivity contribution < 1.29 is 19.1 Å². The number of likely N-dealkylation sites (tertiary alicyclic amines) is 1. The van der Waals surface area contributed by atoms with Gasteiger partial charge in [0, 0.05) is 19.5 Å². The second-order valence-corrected chi connectivity index (χ2v) is 6.24. The number of carbonyl (C=O) groups excluding carboxylic acids is 1. The van der Waals surface area contributed by atoms with Crippen molar-refractivity contribution in [3.8, 4) is 0 Å². The van der Waals surface area contributed by atoms with Crippen molar-refractivity contribution in [2.24, 2.45) is 11.3 Å². The van der Waals surface area contributed by atoms with Gasteiger partial charge < -0.3 is 14.4 Å². The molecule has 1 unspecified atom stereocenters. The number of carboxylic acid groups (broad SMARTS) is 1. The van der Waals surface area contributed by atoms with E-state index in [1.807, 2.05) is 13.0 Å². The lowest BCUT2D eigenvalue weighted by molar-refractivity contribution is -0.151. The van der Waals surface area contributed by atoms with Gasteiger partial charge in [-0.05, 0) is 44.7 Å². The van der Waals surface area contributed by atoms with Gasteiger partial charge in [-0.15, -0.1) is 0 Å². The quantitative estimate of drug-likeness (QED) is 0.926. The first-order chi connectivity index (χ1) is 9.86. The van der Waals surface area contributed by atoms with E-state index in [2.05, 4.69) is 0 Å². The van der Waals surface area contributed by atoms with Crippen LogP contribution < -0.4 is 0 Å². The van der Waals surface area contributed by atoms with Gasteiger partial charge in [0.05, 0.1) is 5.41 Å². The number of hydrogen-bond donors (Lipinski definition) is 1. The third-order valence-corrected chi connectivity index (χ3v) is 4.50. The monoisotopic (exact) mass is 293 g/mol. The van der Waals surface area contributed by atoms with Gasteiger partial charge in [-0.3, -0.25) is 9.59 Å². The average molecular weight is 293 g/mol. The largest absolute Gasteiger partial charge is 0.481 e. The van der Waals surface area contributed by atoms with Gasteiger partial charge in [-0.2, -0.15) is 0 Å². The molecule has 2 heterocycles. The molecule has 0 bridgehead atoms. The first-order valence-corrected chi connectivity index (χ1v) is 7.47. The van der Waals surface area contributed by atoms with E-state index in [0.717, 1.165) is 25.0 Å². The number of rotatable bonds is 4. The highest BCUT2D eigenvalue weighted by Crippen LogP contribution is 2.34. The highest BCUT2D eigenvalue weighted by Gasteiger charge is 2.40. The van der Waals surface area contributed by atoms with Crippen molar-refractivity contribution in [2.75, 3.05) is 13.1 Å². The number of piperidine rings is 1. The molecule has 0 aliphatic carbocycles. The summed E-state index contributed by atoms with van der Waals surface area (Å²) in [6, 6.07) is 3.52. The predicted octanol–water partition coefficient (Wildman–Crippen LogP) is 2.81. The topological polar surface area (TPSA) is 70.8 Å². The van der Waals surface area contributed by atoms with Crippen molar-refractivity contribution in [3.05, 3.63) is 23.7 Å². The SMILES string of the molecule is CCc1ccc(C(=O)N2CCCC(C(C)(C)C(=O)O)C2)o1. The summed E-state index contributed by atoms with van der Waals surface area (Å²) >= 11 is 0. The fraction of sp³-hybridized carbons (Fsp3) is 0.625. The molecule has 0 spiro atoms. The maximum Gasteiger partial charge on any atom is 0.309 e. The molecule has 1 amide bonds. The summed E-state index contributed by atoms with van der Waals surface area (Å²) in [7, 11) is 0. The van der Waals surface area contributed by atoms with Crippen molar-refractivity contribution in [1.29, 1.82) is 0 Å². The molecule has 21 heavy (non-hydrogen) atoms. The van der Waals surface area contributed by atoms with E-state index in [1.54, 1.807) is 24.8 Å². The van der Waals surface area contributed by atoms with Gasteiger partial charge in [0.1, 0.15) is 5.76 Å². The zero-order valence-electron chi connectivity index (χ0n) is 12.9. The van der Waals surface area contributed by atoms with Gasteiger partial charge in [0.15, 0.2) is 5.76 Å². The molecule has 2 rings (SSSR count). The molecule has 1 N–H and O–H groups in total. The summed E-state index contributed by atoms with van der Waals surface area (Å²) in [5.74, 6) is 0.153. The predicted molar refractivity (Wildman–Crippen MR) is 78.1 cm³/mol. The van der Waals surface area contributed by atoms with Crippen LogP contribution in [0, 0.1) is 11.3 Å². The van der Waals surface area contributed by atoms with Gasteiger partial charge >= 0.3 is 5.97 Å². The fourth-order valence-corrected chi connectivity index (χ4v) is 2.76. The van der Waals surface area contributed by atoms with E-state index in [1.165, 1.54) is 0 Å². The number of hydrogen-bond acceptors (Lipinski definition) is 3. The van der Waals surface area contributed by atoms with E-state index in [4.69, 9.17) is 4.42 Å². The van der Waals surface area contributed by atoms with Crippen LogP contribution in [-0.4, -0.2) is 35.0 Å². The minimum Gasteiger partial charge on any atom is -0.481 e. The molecule has 1 aromatic rings. The normalized spacial score (nSPS) is 19.6. The van der Waals surface area contributed by atoms with Crippen LogP contribution >= 0.6 is 0 Å². The van der Waals surface area contributed by atoms with E-state index < -0.39 is 11.4 Å². The Morgan fingerprint density at radius 3 is 2.71 bits per heavy atom. The third kappa shape index (κ3) is 3.12. The van der Waals surface area contributed by atoms with Crippen LogP contribution in [0.2, 0.25) is 0 Å². The molecule has 1 atom stereocenters. The minimum absolute atomic E-state index is 0.0340. The van der Waals surface area contributed by atoms with Gasteiger partial charge in [0.2, 0.25) is 0 Å². The van der Waals surface area contributed by atoms with Crippen LogP contribution in [0.5, 0.6) is 0 Å². The molecule has 1 aromatic heterocycles. The van der Waals surface area contributed by atoms with Crippen LogP contribution in [0.15, 0.2) is 16.5 Å². The zero-order chi connectivity index (χ0) is 15.6. The molecule has 5 heteroatoms. The number of furan rings is 1. The van der Waals surface area contributed by atoms with E-state index >= 15 is 0 Å². The number of aliphatic carboxylic acids is 1. The van der Waals surface area contributed by atoms with Crippen molar-refractivity contribution in [3.63, 3.8) is 0 Å². The molecule has 0 aromatic carbocycles. The Balaban J connectivity index is 2.10. The van der Waals surface area contributed by atoms with E-state index in [-0.39, 0.29) is 11.8 Å². The fourth-order valence-electron chi connectivity index (χ4n) is 2.76. The van der Waals surface area contributed by atoms with E-state index in [0.29, 0.717) is 18.8 Å². The Hall–Kier alpha value is -1.78. The molecular formula is C16H23NO4. The molecule has 5 nitrogen and oxygen atoms in total. The van der Waals surface area contributed by atoms with Gasteiger partial charge in [0.25, 0.3) is 5.91 Å². The summed E-state index contributed by atoms with van der Waals surface area (Å²) in [4.78, 5) is 25.6. The van der Waals surface area contributed by atoms with Crippen LogP contribution in [0.4, 0.5) is 0 Å².